The predicted molar refractivity (Wildman–Crippen MR) is 107 cm³/mol. The van der Waals surface area contributed by atoms with Crippen LogP contribution >= 0.6 is 18.7 Å². The number of rotatable bonds is 6. The monoisotopic (exact) mass is 402 g/mol. The second-order valence-corrected chi connectivity index (χ2v) is 9.93. The Morgan fingerprint density at radius 2 is 1.15 bits per heavy atom. The van der Waals surface area contributed by atoms with Gasteiger partial charge in [-0.25, -0.2) is 0 Å². The fraction of sp³-hybridized carbons (Fsp3) is 0. The zero-order chi connectivity index (χ0) is 19.4. The first-order chi connectivity index (χ1) is 13.1. The number of para-hydroxylation sites is 1. The Labute approximate surface area is 161 Å². The molecular formula is C20H16ClO5P. The fourth-order valence-corrected chi connectivity index (χ4v) is 7.26. The molecule has 0 fully saturated rings. The molecule has 1 N–H and O–H groups in total. The van der Waals surface area contributed by atoms with E-state index in [4.69, 9.17) is 16.4 Å². The minimum absolute atomic E-state index is 0.178. The van der Waals surface area contributed by atoms with Crippen molar-refractivity contribution >= 4 is 40.7 Å². The Morgan fingerprint density at radius 3 is 1.52 bits per heavy atom. The van der Waals surface area contributed by atoms with Gasteiger partial charge in [-0.1, -0.05) is 0 Å². The summed E-state index contributed by atoms with van der Waals surface area (Å²) in [6.07, 6.45) is 0. The average Bonchev–Trinajstić information content (AvgIpc) is 2.73. The number of halogens is 1. The first-order valence-corrected chi connectivity index (χ1v) is 10.5. The molecule has 0 spiro atoms. The summed E-state index contributed by atoms with van der Waals surface area (Å²) >= 11 is 5.48. The van der Waals surface area contributed by atoms with Crippen LogP contribution in [0.1, 0.15) is 0 Å². The molecule has 0 unspecified atom stereocenters. The zero-order valence-electron chi connectivity index (χ0n) is 14.1. The molecule has 3 aromatic rings. The quantitative estimate of drug-likeness (QED) is 0.577. The van der Waals surface area contributed by atoms with Crippen LogP contribution in [0.25, 0.3) is 0 Å². The molecule has 0 aliphatic heterocycles. The van der Waals surface area contributed by atoms with Crippen molar-refractivity contribution in [2.75, 3.05) is 0 Å². The third-order valence-electron chi connectivity index (χ3n) is 4.31. The van der Waals surface area contributed by atoms with Crippen molar-refractivity contribution in [1.29, 1.82) is 0 Å². The van der Waals surface area contributed by atoms with E-state index in [1.165, 1.54) is 24.3 Å². The molecule has 0 aliphatic rings. The summed E-state index contributed by atoms with van der Waals surface area (Å²) in [5, 5.41) is 10.9. The van der Waals surface area contributed by atoms with Gasteiger partial charge < -0.3 is 0 Å². The first-order valence-electron chi connectivity index (χ1n) is 8.00. The minimum atomic E-state index is -5.11. The number of carbonyl (C=O) groups excluding carboxylic acids is 1. The molecule has 5 nitrogen and oxygen atoms in total. The predicted octanol–water partition coefficient (Wildman–Crippen LogP) is 5.15. The number of hydrogen-bond acceptors (Lipinski definition) is 4. The van der Waals surface area contributed by atoms with Gasteiger partial charge in [-0.05, 0) is 0 Å². The Bertz CT molecular complexity index is 908. The summed E-state index contributed by atoms with van der Waals surface area (Å²) in [5.74, 6) is 0.215. The van der Waals surface area contributed by atoms with Gasteiger partial charge in [-0.3, -0.25) is 0 Å². The van der Waals surface area contributed by atoms with Gasteiger partial charge in [0, 0.05) is 0 Å². The van der Waals surface area contributed by atoms with Crippen LogP contribution in [-0.2, 0) is 4.29 Å². The van der Waals surface area contributed by atoms with E-state index in [2.05, 4.69) is 4.29 Å². The Balaban J connectivity index is 2.49. The van der Waals surface area contributed by atoms with Gasteiger partial charge in [0.2, 0.25) is 0 Å². The number of carbonyl (C=O) groups is 2. The molecular weight excluding hydrogens is 387 g/mol. The Hall–Kier alpha value is -2.88. The summed E-state index contributed by atoms with van der Waals surface area (Å²) in [6.45, 7) is -5.11. The third-order valence-corrected chi connectivity index (χ3v) is 9.22. The third kappa shape index (κ3) is 2.76. The van der Waals surface area contributed by atoms with E-state index in [0.717, 1.165) is 0 Å². The second kappa shape index (κ2) is 7.39. The first kappa shape index (κ1) is 18.9. The second-order valence-electron chi connectivity index (χ2n) is 5.74. The van der Waals surface area contributed by atoms with Crippen molar-refractivity contribution in [3.8, 4) is 5.75 Å². The van der Waals surface area contributed by atoms with Crippen LogP contribution in [0.3, 0.4) is 0 Å². The molecule has 0 radical (unpaired) electrons. The fourth-order valence-electron chi connectivity index (χ4n) is 3.02. The van der Waals surface area contributed by atoms with Crippen molar-refractivity contribution in [3.63, 3.8) is 0 Å². The number of benzene rings is 3. The van der Waals surface area contributed by atoms with Crippen LogP contribution in [0.5, 0.6) is 5.75 Å². The van der Waals surface area contributed by atoms with Crippen LogP contribution in [0.15, 0.2) is 91.0 Å². The van der Waals surface area contributed by atoms with Gasteiger partial charge in [-0.2, -0.15) is 0 Å². The molecule has 3 aromatic carbocycles. The van der Waals surface area contributed by atoms with Crippen LogP contribution in [0.2, 0.25) is 0 Å². The molecule has 0 heterocycles. The molecule has 0 aromatic heterocycles. The van der Waals surface area contributed by atoms with E-state index in [0.29, 0.717) is 0 Å². The molecule has 0 bridgehead atoms. The SMILES string of the molecule is O=C(O)P(Oc1ccccc1)(C(=O)OCl)(c1ccccc1)c1ccccc1. The van der Waals surface area contributed by atoms with Crippen molar-refractivity contribution in [1.82, 2.24) is 0 Å². The molecule has 138 valence electrons. The van der Waals surface area contributed by atoms with Crippen molar-refractivity contribution in [2.24, 2.45) is 0 Å². The van der Waals surface area contributed by atoms with E-state index in [1.807, 2.05) is 0 Å². The standard InChI is InChI=1S/C20H16ClO5P/c21-25-20(24)27(19(22)23,17-12-6-2-7-13-17,18-14-8-3-9-15-18)26-16-10-4-1-5-11-16/h1-15H,(H,22,23). The van der Waals surface area contributed by atoms with Crippen molar-refractivity contribution < 1.29 is 23.5 Å². The van der Waals surface area contributed by atoms with Crippen molar-refractivity contribution in [2.45, 2.75) is 0 Å². The topological polar surface area (TPSA) is 72.8 Å². The van der Waals surface area contributed by atoms with E-state index in [-0.39, 0.29) is 16.4 Å². The van der Waals surface area contributed by atoms with Crippen LogP contribution < -0.4 is 15.1 Å². The van der Waals surface area contributed by atoms with E-state index in [1.54, 1.807) is 66.7 Å². The summed E-state index contributed by atoms with van der Waals surface area (Å²) in [6, 6.07) is 24.4. The van der Waals surface area contributed by atoms with Gasteiger partial charge in [0.05, 0.1) is 0 Å². The molecule has 0 amide bonds. The Kier molecular flexibility index (Phi) is 5.17. The molecule has 7 heteroatoms. The number of hydrogen-bond donors (Lipinski definition) is 1. The van der Waals surface area contributed by atoms with E-state index < -0.39 is 18.3 Å². The molecule has 27 heavy (non-hydrogen) atoms. The Morgan fingerprint density at radius 1 is 0.741 bits per heavy atom. The van der Waals surface area contributed by atoms with Gasteiger partial charge >= 0.3 is 161 Å². The maximum absolute atomic E-state index is 13.2. The molecule has 3 rings (SSSR count). The van der Waals surface area contributed by atoms with Gasteiger partial charge in [0.25, 0.3) is 0 Å². The molecule has 0 aliphatic carbocycles. The van der Waals surface area contributed by atoms with Crippen LogP contribution in [0, 0.1) is 0 Å². The summed E-state index contributed by atoms with van der Waals surface area (Å²) in [5.41, 5.74) is -2.61. The molecule has 0 saturated heterocycles. The van der Waals surface area contributed by atoms with E-state index >= 15 is 0 Å². The zero-order valence-corrected chi connectivity index (χ0v) is 15.7. The summed E-state index contributed by atoms with van der Waals surface area (Å²) < 4.78 is 10.7. The summed E-state index contributed by atoms with van der Waals surface area (Å²) in [7, 11) is 0. The van der Waals surface area contributed by atoms with Gasteiger partial charge in [-0.15, -0.1) is 0 Å². The van der Waals surface area contributed by atoms with Crippen molar-refractivity contribution in [3.05, 3.63) is 91.0 Å². The van der Waals surface area contributed by atoms with Crippen LogP contribution in [-0.4, -0.2) is 16.5 Å². The van der Waals surface area contributed by atoms with E-state index in [9.17, 15) is 14.7 Å². The summed E-state index contributed by atoms with van der Waals surface area (Å²) in [4.78, 5) is 26.1. The number of carboxylic acid groups (broad SMARTS) is 1. The van der Waals surface area contributed by atoms with Gasteiger partial charge in [0.15, 0.2) is 0 Å². The van der Waals surface area contributed by atoms with Crippen LogP contribution in [0.4, 0.5) is 9.59 Å². The molecule has 0 atom stereocenters. The van der Waals surface area contributed by atoms with Gasteiger partial charge in [0.1, 0.15) is 0 Å². The average molecular weight is 403 g/mol. The normalized spacial score (nSPS) is 12.4. The maximum atomic E-state index is 13.2. The molecule has 0 saturated carbocycles.